The molecule has 1 amide bonds. The molecule has 2 heterocycles. The Morgan fingerprint density at radius 1 is 1.27 bits per heavy atom. The zero-order valence-corrected chi connectivity index (χ0v) is 16.7. The highest BCUT2D eigenvalue weighted by atomic mass is 19.4. The summed E-state index contributed by atoms with van der Waals surface area (Å²) in [7, 11) is 3.83. The second kappa shape index (κ2) is 7.82. The summed E-state index contributed by atoms with van der Waals surface area (Å²) in [5, 5.41) is 0. The molecule has 1 aliphatic heterocycles. The molecule has 1 saturated heterocycles. The van der Waals surface area contributed by atoms with Gasteiger partial charge >= 0.3 is 12.5 Å². The number of aryl methyl sites for hydroxylation is 1. The SMILES string of the molecule is CN1CC2C(C1)C2CN(Cc1cccc(OC(F)(F)F)c1)C(=O)Oc1cn(C)cn1. The number of alkyl halides is 3. The molecular weight excluding hydrogens is 401 g/mol. The fourth-order valence-corrected chi connectivity index (χ4v) is 4.25. The summed E-state index contributed by atoms with van der Waals surface area (Å²) in [5.74, 6) is 1.31. The number of hydrogen-bond acceptors (Lipinski definition) is 5. The molecule has 0 N–H and O–H groups in total. The lowest BCUT2D eigenvalue weighted by Gasteiger charge is -2.24. The quantitative estimate of drug-likeness (QED) is 0.713. The van der Waals surface area contributed by atoms with Crippen molar-refractivity contribution in [3.8, 4) is 11.6 Å². The lowest BCUT2D eigenvalue weighted by molar-refractivity contribution is -0.274. The standard InChI is InChI=1S/C20H23F3N4O3/c1-25-8-15-16(9-25)17(15)10-27(19(28)29-18-11-26(2)12-24-18)7-13-4-3-5-14(6-13)30-20(21,22)23/h3-6,11-12,15-17H,7-10H2,1-2H3. The van der Waals surface area contributed by atoms with E-state index in [1.807, 2.05) is 0 Å². The van der Waals surface area contributed by atoms with Crippen LogP contribution in [0, 0.1) is 17.8 Å². The van der Waals surface area contributed by atoms with Gasteiger partial charge < -0.3 is 23.8 Å². The molecule has 1 aliphatic carbocycles. The molecular formula is C20H23F3N4O3. The number of halogens is 3. The minimum Gasteiger partial charge on any atom is -0.406 e. The predicted octanol–water partition coefficient (Wildman–Crippen LogP) is 3.13. The molecule has 10 heteroatoms. The Labute approximate surface area is 172 Å². The number of piperidine rings is 1. The number of likely N-dealkylation sites (tertiary alicyclic amines) is 1. The Balaban J connectivity index is 1.47. The number of hydrogen-bond donors (Lipinski definition) is 0. The van der Waals surface area contributed by atoms with E-state index in [2.05, 4.69) is 21.7 Å². The number of benzene rings is 1. The van der Waals surface area contributed by atoms with Gasteiger partial charge in [0.05, 0.1) is 12.5 Å². The van der Waals surface area contributed by atoms with Gasteiger partial charge in [0.25, 0.3) is 0 Å². The summed E-state index contributed by atoms with van der Waals surface area (Å²) in [6, 6.07) is 5.65. The summed E-state index contributed by atoms with van der Waals surface area (Å²) in [4.78, 5) is 20.6. The number of carbonyl (C=O) groups excluding carboxylic acids is 1. The van der Waals surface area contributed by atoms with E-state index in [1.54, 1.807) is 23.9 Å². The van der Waals surface area contributed by atoms with Gasteiger partial charge in [-0.1, -0.05) is 12.1 Å². The van der Waals surface area contributed by atoms with Crippen molar-refractivity contribution >= 4 is 6.09 Å². The number of ether oxygens (including phenoxy) is 2. The third kappa shape index (κ3) is 4.86. The first kappa shape index (κ1) is 20.5. The fraction of sp³-hybridized carbons (Fsp3) is 0.500. The normalized spacial score (nSPS) is 23.2. The monoisotopic (exact) mass is 424 g/mol. The fourth-order valence-electron chi connectivity index (χ4n) is 4.25. The van der Waals surface area contributed by atoms with E-state index in [0.717, 1.165) is 13.1 Å². The first-order chi connectivity index (χ1) is 14.2. The van der Waals surface area contributed by atoms with Crippen LogP contribution >= 0.6 is 0 Å². The van der Waals surface area contributed by atoms with Gasteiger partial charge in [0.15, 0.2) is 0 Å². The van der Waals surface area contributed by atoms with Gasteiger partial charge in [0, 0.05) is 33.2 Å². The maximum Gasteiger partial charge on any atom is 0.573 e. The van der Waals surface area contributed by atoms with Gasteiger partial charge in [-0.25, -0.2) is 9.78 Å². The largest absolute Gasteiger partial charge is 0.573 e. The Morgan fingerprint density at radius 3 is 2.63 bits per heavy atom. The Morgan fingerprint density at radius 2 is 2.00 bits per heavy atom. The van der Waals surface area contributed by atoms with E-state index >= 15 is 0 Å². The average Bonchev–Trinajstić information content (AvgIpc) is 2.95. The second-order valence-corrected chi connectivity index (χ2v) is 8.03. The molecule has 30 heavy (non-hydrogen) atoms. The molecule has 1 aromatic heterocycles. The maximum absolute atomic E-state index is 12.8. The molecule has 1 aromatic carbocycles. The lowest BCUT2D eigenvalue weighted by atomic mass is 10.2. The zero-order valence-electron chi connectivity index (χ0n) is 16.7. The summed E-state index contributed by atoms with van der Waals surface area (Å²) < 4.78 is 48.6. The van der Waals surface area contributed by atoms with Crippen molar-refractivity contribution < 1.29 is 27.4 Å². The van der Waals surface area contributed by atoms with Gasteiger partial charge in [0.1, 0.15) is 5.75 Å². The van der Waals surface area contributed by atoms with Crippen molar-refractivity contribution in [1.82, 2.24) is 19.4 Å². The second-order valence-electron chi connectivity index (χ2n) is 8.03. The van der Waals surface area contributed by atoms with Crippen molar-refractivity contribution in [2.45, 2.75) is 12.9 Å². The molecule has 1 saturated carbocycles. The minimum atomic E-state index is -4.77. The van der Waals surface area contributed by atoms with E-state index < -0.39 is 12.5 Å². The number of rotatable bonds is 6. The molecule has 2 unspecified atom stereocenters. The lowest BCUT2D eigenvalue weighted by Crippen LogP contribution is -2.36. The van der Waals surface area contributed by atoms with E-state index in [9.17, 15) is 18.0 Å². The van der Waals surface area contributed by atoms with Crippen LogP contribution in [0.5, 0.6) is 11.6 Å². The summed E-state index contributed by atoms with van der Waals surface area (Å²) in [5.41, 5.74) is 0.526. The van der Waals surface area contributed by atoms with Crippen LogP contribution in [0.4, 0.5) is 18.0 Å². The van der Waals surface area contributed by atoms with Crippen molar-refractivity contribution in [2.24, 2.45) is 24.8 Å². The van der Waals surface area contributed by atoms with Gasteiger partial charge in [-0.2, -0.15) is 0 Å². The van der Waals surface area contributed by atoms with E-state index in [4.69, 9.17) is 4.74 Å². The van der Waals surface area contributed by atoms with E-state index in [0.29, 0.717) is 29.9 Å². The molecule has 0 bridgehead atoms. The minimum absolute atomic E-state index is 0.118. The van der Waals surface area contributed by atoms with Crippen LogP contribution in [0.2, 0.25) is 0 Å². The molecule has 4 rings (SSSR count). The number of amides is 1. The predicted molar refractivity (Wildman–Crippen MR) is 101 cm³/mol. The van der Waals surface area contributed by atoms with Crippen molar-refractivity contribution in [1.29, 1.82) is 0 Å². The smallest absolute Gasteiger partial charge is 0.406 e. The molecule has 0 radical (unpaired) electrons. The van der Waals surface area contributed by atoms with Crippen LogP contribution in [0.25, 0.3) is 0 Å². The third-order valence-electron chi connectivity index (χ3n) is 5.62. The van der Waals surface area contributed by atoms with Crippen LogP contribution in [0.3, 0.4) is 0 Å². The first-order valence-corrected chi connectivity index (χ1v) is 9.66. The van der Waals surface area contributed by atoms with Gasteiger partial charge in [-0.05, 0) is 42.5 Å². The van der Waals surface area contributed by atoms with Crippen LogP contribution in [0.15, 0.2) is 36.8 Å². The Hall–Kier alpha value is -2.75. The van der Waals surface area contributed by atoms with Crippen LogP contribution in [-0.4, -0.2) is 58.5 Å². The van der Waals surface area contributed by atoms with E-state index in [1.165, 1.54) is 29.4 Å². The molecule has 2 fully saturated rings. The van der Waals surface area contributed by atoms with Gasteiger partial charge in [0.2, 0.25) is 5.88 Å². The van der Waals surface area contributed by atoms with Crippen LogP contribution in [0.1, 0.15) is 5.56 Å². The number of nitrogens with zero attached hydrogens (tertiary/aromatic N) is 4. The molecule has 0 spiro atoms. The highest BCUT2D eigenvalue weighted by Gasteiger charge is 2.55. The zero-order chi connectivity index (χ0) is 21.5. The summed E-state index contributed by atoms with van der Waals surface area (Å²) in [6.07, 6.45) is -2.25. The van der Waals surface area contributed by atoms with Crippen molar-refractivity contribution in [2.75, 3.05) is 26.7 Å². The molecule has 2 aromatic rings. The first-order valence-electron chi connectivity index (χ1n) is 9.66. The molecule has 7 nitrogen and oxygen atoms in total. The summed E-state index contributed by atoms with van der Waals surface area (Å²) in [6.45, 7) is 2.59. The Kier molecular flexibility index (Phi) is 5.35. The van der Waals surface area contributed by atoms with Crippen molar-refractivity contribution in [3.05, 3.63) is 42.4 Å². The average molecular weight is 424 g/mol. The number of carbonyl (C=O) groups is 1. The topological polar surface area (TPSA) is 59.8 Å². The molecule has 162 valence electrons. The maximum atomic E-state index is 12.8. The number of aromatic nitrogens is 2. The molecule has 2 aliphatic rings. The number of imidazole rings is 1. The van der Waals surface area contributed by atoms with Gasteiger partial charge in [-0.15, -0.1) is 13.2 Å². The van der Waals surface area contributed by atoms with Crippen LogP contribution < -0.4 is 9.47 Å². The summed E-state index contributed by atoms with van der Waals surface area (Å²) >= 11 is 0. The highest BCUT2D eigenvalue weighted by Crippen LogP contribution is 2.51. The van der Waals surface area contributed by atoms with Gasteiger partial charge in [-0.3, -0.25) is 0 Å². The van der Waals surface area contributed by atoms with E-state index in [-0.39, 0.29) is 18.2 Å². The van der Waals surface area contributed by atoms with Crippen molar-refractivity contribution in [3.63, 3.8) is 0 Å². The highest BCUT2D eigenvalue weighted by molar-refractivity contribution is 5.70. The van der Waals surface area contributed by atoms with Crippen LogP contribution in [-0.2, 0) is 13.6 Å². The third-order valence-corrected chi connectivity index (χ3v) is 5.62. The number of fused-ring (bicyclic) bond motifs is 1. The Bertz CT molecular complexity index is 905. The molecule has 2 atom stereocenters.